The largest absolute Gasteiger partial charge is 0.785 e. The topological polar surface area (TPSA) is 76.0 Å². The molecule has 0 radical (unpaired) electrons. The summed E-state index contributed by atoms with van der Waals surface area (Å²) in [6, 6.07) is 0. The van der Waals surface area contributed by atoms with E-state index in [0.717, 1.165) is 23.8 Å². The average molecular weight is 318 g/mol. The van der Waals surface area contributed by atoms with E-state index < -0.39 is 5.97 Å². The first-order valence-electron chi connectivity index (χ1n) is 8.88. The van der Waals surface area contributed by atoms with Crippen LogP contribution in [0.15, 0.2) is 0 Å². The lowest BCUT2D eigenvalue weighted by Gasteiger charge is -2.30. The fourth-order valence-corrected chi connectivity index (χ4v) is 2.27. The average Bonchev–Trinajstić information content (AvgIpc) is 2.46. The van der Waals surface area contributed by atoms with E-state index in [9.17, 15) is 15.4 Å². The lowest BCUT2D eigenvalue weighted by atomic mass is 10.0. The Hall–Kier alpha value is -0.200. The summed E-state index contributed by atoms with van der Waals surface area (Å²) < 4.78 is 5.04. The lowest BCUT2D eigenvalue weighted by molar-refractivity contribution is -0.341. The maximum atomic E-state index is 11.1. The molecule has 0 bridgehead atoms. The summed E-state index contributed by atoms with van der Waals surface area (Å²) in [4.78, 5) is 0. The SMILES string of the molecule is CCN([O-])CCC(O)(O)OCCCCCCCCCC(C)C. The van der Waals surface area contributed by atoms with Gasteiger partial charge in [0, 0.05) is 6.42 Å². The zero-order chi connectivity index (χ0) is 16.8. The number of nitrogens with zero attached hydrogens (tertiary/aromatic N) is 1. The van der Waals surface area contributed by atoms with Gasteiger partial charge in [0.15, 0.2) is 0 Å². The maximum Gasteiger partial charge on any atom is 0.279 e. The summed E-state index contributed by atoms with van der Waals surface area (Å²) in [5.41, 5.74) is 0. The van der Waals surface area contributed by atoms with Gasteiger partial charge < -0.3 is 25.2 Å². The van der Waals surface area contributed by atoms with Crippen LogP contribution in [0, 0.1) is 11.1 Å². The number of aliphatic hydroxyl groups is 2. The first-order valence-corrected chi connectivity index (χ1v) is 8.88. The van der Waals surface area contributed by atoms with Crippen LogP contribution in [0.4, 0.5) is 0 Å². The molecule has 0 aromatic carbocycles. The lowest BCUT2D eigenvalue weighted by Crippen LogP contribution is -2.36. The summed E-state index contributed by atoms with van der Waals surface area (Å²) in [5, 5.41) is 31.0. The standard InChI is InChI=1S/C17H36NO4/c1-4-18(21)14-13-17(19,20)22-15-11-9-7-5-6-8-10-12-16(2)3/h16,19-20H,4-15H2,1-3H3/q-1. The minimum absolute atomic E-state index is 0.0693. The van der Waals surface area contributed by atoms with Crippen molar-refractivity contribution in [1.29, 1.82) is 0 Å². The van der Waals surface area contributed by atoms with Gasteiger partial charge in [-0.15, -0.1) is 0 Å². The molecule has 0 saturated heterocycles. The van der Waals surface area contributed by atoms with Crippen LogP contribution in [-0.4, -0.2) is 40.9 Å². The Morgan fingerprint density at radius 1 is 1.00 bits per heavy atom. The van der Waals surface area contributed by atoms with E-state index in [0.29, 0.717) is 13.2 Å². The summed E-state index contributed by atoms with van der Waals surface area (Å²) >= 11 is 0. The molecule has 0 fully saturated rings. The van der Waals surface area contributed by atoms with Gasteiger partial charge >= 0.3 is 0 Å². The molecular weight excluding hydrogens is 282 g/mol. The molecule has 0 aromatic heterocycles. The van der Waals surface area contributed by atoms with Crippen molar-refractivity contribution in [1.82, 2.24) is 5.06 Å². The van der Waals surface area contributed by atoms with Crippen molar-refractivity contribution in [2.24, 2.45) is 5.92 Å². The smallest absolute Gasteiger partial charge is 0.279 e. The van der Waals surface area contributed by atoms with Gasteiger partial charge in [0.2, 0.25) is 0 Å². The van der Waals surface area contributed by atoms with Gasteiger partial charge in [-0.25, -0.2) is 0 Å². The fourth-order valence-electron chi connectivity index (χ4n) is 2.27. The van der Waals surface area contributed by atoms with Crippen LogP contribution in [0.3, 0.4) is 0 Å². The third-order valence-corrected chi connectivity index (χ3v) is 3.80. The molecule has 0 aliphatic heterocycles. The molecule has 22 heavy (non-hydrogen) atoms. The molecule has 0 spiro atoms. The van der Waals surface area contributed by atoms with E-state index >= 15 is 0 Å². The molecule has 0 heterocycles. The van der Waals surface area contributed by atoms with Crippen molar-refractivity contribution in [2.75, 3.05) is 19.7 Å². The van der Waals surface area contributed by atoms with E-state index in [1.807, 2.05) is 0 Å². The molecule has 2 N–H and O–H groups in total. The Morgan fingerprint density at radius 2 is 1.55 bits per heavy atom. The van der Waals surface area contributed by atoms with Crippen LogP contribution in [0.1, 0.15) is 78.6 Å². The highest BCUT2D eigenvalue weighted by Crippen LogP contribution is 2.13. The van der Waals surface area contributed by atoms with Gasteiger partial charge in [-0.1, -0.05) is 65.7 Å². The first-order chi connectivity index (χ1) is 10.4. The monoisotopic (exact) mass is 318 g/mol. The van der Waals surface area contributed by atoms with Crippen LogP contribution < -0.4 is 0 Å². The second-order valence-corrected chi connectivity index (χ2v) is 6.52. The van der Waals surface area contributed by atoms with Gasteiger partial charge in [-0.05, 0) is 25.4 Å². The van der Waals surface area contributed by atoms with Crippen molar-refractivity contribution < 1.29 is 14.9 Å². The van der Waals surface area contributed by atoms with E-state index in [2.05, 4.69) is 13.8 Å². The number of unbranched alkanes of at least 4 members (excludes halogenated alkanes) is 6. The second-order valence-electron chi connectivity index (χ2n) is 6.52. The minimum atomic E-state index is -2.17. The van der Waals surface area contributed by atoms with Crippen LogP contribution >= 0.6 is 0 Å². The Kier molecular flexibility index (Phi) is 13.1. The fraction of sp³-hybridized carbons (Fsp3) is 1.00. The molecule has 5 nitrogen and oxygen atoms in total. The molecule has 0 rings (SSSR count). The third kappa shape index (κ3) is 14.7. The van der Waals surface area contributed by atoms with Crippen LogP contribution in [0.2, 0.25) is 0 Å². The molecule has 5 heteroatoms. The predicted molar refractivity (Wildman–Crippen MR) is 90.1 cm³/mol. The molecule has 0 aliphatic carbocycles. The Labute approximate surface area is 136 Å². The third-order valence-electron chi connectivity index (χ3n) is 3.80. The van der Waals surface area contributed by atoms with Crippen molar-refractivity contribution in [3.8, 4) is 0 Å². The van der Waals surface area contributed by atoms with Crippen LogP contribution in [0.25, 0.3) is 0 Å². The number of hydrogen-bond donors (Lipinski definition) is 2. The van der Waals surface area contributed by atoms with Gasteiger partial charge in [-0.3, -0.25) is 0 Å². The van der Waals surface area contributed by atoms with Gasteiger partial charge in [0.1, 0.15) is 0 Å². The number of hydroxylamine groups is 2. The van der Waals surface area contributed by atoms with E-state index in [1.54, 1.807) is 6.92 Å². The zero-order valence-corrected chi connectivity index (χ0v) is 14.7. The Balaban J connectivity index is 3.37. The van der Waals surface area contributed by atoms with Crippen molar-refractivity contribution in [3.63, 3.8) is 0 Å². The molecule has 134 valence electrons. The first kappa shape index (κ1) is 21.8. The minimum Gasteiger partial charge on any atom is -0.785 e. The normalized spacial score (nSPS) is 12.5. The molecular formula is C17H36NO4-. The summed E-state index contributed by atoms with van der Waals surface area (Å²) in [6.45, 7) is 6.99. The molecule has 0 unspecified atom stereocenters. The predicted octanol–water partition coefficient (Wildman–Crippen LogP) is 3.63. The van der Waals surface area contributed by atoms with E-state index in [1.165, 1.54) is 38.5 Å². The number of ether oxygens (including phenoxy) is 1. The summed E-state index contributed by atoms with van der Waals surface area (Å²) in [7, 11) is 0. The molecule has 0 saturated carbocycles. The zero-order valence-electron chi connectivity index (χ0n) is 14.7. The van der Waals surface area contributed by atoms with E-state index in [4.69, 9.17) is 4.74 Å². The van der Waals surface area contributed by atoms with Gasteiger partial charge in [0.25, 0.3) is 5.97 Å². The Bertz CT molecular complexity index is 247. The van der Waals surface area contributed by atoms with Crippen molar-refractivity contribution in [2.45, 2.75) is 84.5 Å². The number of hydrogen-bond acceptors (Lipinski definition) is 5. The highest BCUT2D eigenvalue weighted by atomic mass is 16.8. The maximum absolute atomic E-state index is 11.1. The molecule has 0 aromatic rings. The summed E-state index contributed by atoms with van der Waals surface area (Å²) in [6.07, 6.45) is 9.44. The quantitative estimate of drug-likeness (QED) is 0.274. The van der Waals surface area contributed by atoms with Crippen LogP contribution in [0.5, 0.6) is 0 Å². The van der Waals surface area contributed by atoms with Gasteiger partial charge in [0.05, 0.1) is 6.61 Å². The highest BCUT2D eigenvalue weighted by molar-refractivity contribution is 4.59. The molecule has 0 amide bonds. The molecule has 0 atom stereocenters. The van der Waals surface area contributed by atoms with Crippen molar-refractivity contribution >= 4 is 0 Å². The molecule has 0 aliphatic rings. The summed E-state index contributed by atoms with van der Waals surface area (Å²) in [5.74, 6) is -1.37. The second kappa shape index (κ2) is 13.3. The Morgan fingerprint density at radius 3 is 2.09 bits per heavy atom. The van der Waals surface area contributed by atoms with Crippen LogP contribution in [-0.2, 0) is 4.74 Å². The van der Waals surface area contributed by atoms with Gasteiger partial charge in [-0.2, -0.15) is 0 Å². The van der Waals surface area contributed by atoms with Crippen molar-refractivity contribution in [3.05, 3.63) is 5.21 Å². The number of rotatable bonds is 15. The van der Waals surface area contributed by atoms with E-state index in [-0.39, 0.29) is 13.0 Å². The highest BCUT2D eigenvalue weighted by Gasteiger charge is 2.23.